The van der Waals surface area contributed by atoms with E-state index in [-0.39, 0.29) is 24.0 Å². The molecule has 176 valence electrons. The number of rotatable bonds is 7. The molecule has 2 heterocycles. The quantitative estimate of drug-likeness (QED) is 0.302. The lowest BCUT2D eigenvalue weighted by atomic mass is 9.99. The molecule has 0 spiro atoms. The van der Waals surface area contributed by atoms with Crippen LogP contribution in [0.2, 0.25) is 0 Å². The second-order valence-electron chi connectivity index (χ2n) is 8.41. The smallest absolute Gasteiger partial charge is 0.296 e. The van der Waals surface area contributed by atoms with Gasteiger partial charge in [-0.3, -0.25) is 9.59 Å². The van der Waals surface area contributed by atoms with Crippen LogP contribution in [-0.4, -0.2) is 34.9 Å². The number of methoxy groups -OCH3 is 1. The number of carbonyl (C=O) groups excluding carboxylic acids is 2. The fourth-order valence-electron chi connectivity index (χ4n) is 3.99. The first-order valence-corrected chi connectivity index (χ1v) is 11.0. The molecule has 0 saturated carbocycles. The lowest BCUT2D eigenvalue weighted by molar-refractivity contribution is -0.140. The summed E-state index contributed by atoms with van der Waals surface area (Å²) in [6, 6.07) is 16.6. The first kappa shape index (κ1) is 23.2. The maximum Gasteiger partial charge on any atom is 0.296 e. The summed E-state index contributed by atoms with van der Waals surface area (Å²) < 4.78 is 16.7. The number of Topliss-reactive ketones (excluding diaryl/α,β-unsaturated/α-hetero) is 1. The molecule has 1 saturated heterocycles. The molecule has 1 amide bonds. The number of likely N-dealkylation sites (tertiary alicyclic amines) is 1. The van der Waals surface area contributed by atoms with E-state index in [0.717, 1.165) is 5.56 Å². The van der Waals surface area contributed by atoms with Gasteiger partial charge in [0.2, 0.25) is 0 Å². The van der Waals surface area contributed by atoms with Gasteiger partial charge in [0.25, 0.3) is 11.7 Å². The van der Waals surface area contributed by atoms with Crippen LogP contribution in [0.25, 0.3) is 5.76 Å². The highest BCUT2D eigenvalue weighted by molar-refractivity contribution is 6.46. The second-order valence-corrected chi connectivity index (χ2v) is 8.41. The van der Waals surface area contributed by atoms with Gasteiger partial charge in [-0.15, -0.1) is 0 Å². The van der Waals surface area contributed by atoms with Crippen LogP contribution in [0.1, 0.15) is 42.5 Å². The molecule has 0 bridgehead atoms. The number of aliphatic hydroxyl groups is 1. The summed E-state index contributed by atoms with van der Waals surface area (Å²) in [6.07, 6.45) is 0.00455. The molecule has 1 aliphatic rings. The van der Waals surface area contributed by atoms with Gasteiger partial charge >= 0.3 is 0 Å². The van der Waals surface area contributed by atoms with Crippen molar-refractivity contribution in [2.24, 2.45) is 0 Å². The van der Waals surface area contributed by atoms with Crippen molar-refractivity contribution in [2.45, 2.75) is 39.5 Å². The van der Waals surface area contributed by atoms with Gasteiger partial charge in [-0.1, -0.05) is 12.1 Å². The third-order valence-electron chi connectivity index (χ3n) is 5.58. The van der Waals surface area contributed by atoms with Crippen molar-refractivity contribution >= 4 is 17.4 Å². The fourth-order valence-corrected chi connectivity index (χ4v) is 3.99. The van der Waals surface area contributed by atoms with Crippen molar-refractivity contribution in [1.29, 1.82) is 0 Å². The molecular weight excluding hydrogens is 434 g/mol. The zero-order valence-corrected chi connectivity index (χ0v) is 19.6. The van der Waals surface area contributed by atoms with Crippen molar-refractivity contribution in [3.8, 4) is 11.5 Å². The van der Waals surface area contributed by atoms with Crippen molar-refractivity contribution in [3.05, 3.63) is 88.9 Å². The van der Waals surface area contributed by atoms with Crippen molar-refractivity contribution in [3.63, 3.8) is 0 Å². The Labute approximate surface area is 198 Å². The number of nitrogens with zero attached hydrogens (tertiary/aromatic N) is 1. The van der Waals surface area contributed by atoms with E-state index in [1.807, 2.05) is 26.0 Å². The Morgan fingerprint density at radius 3 is 2.21 bits per heavy atom. The van der Waals surface area contributed by atoms with Gasteiger partial charge in [-0.25, -0.2) is 0 Å². The minimum absolute atomic E-state index is 0.00455. The molecular formula is C27H27NO6. The lowest BCUT2D eigenvalue weighted by Crippen LogP contribution is -2.29. The second kappa shape index (κ2) is 9.47. The van der Waals surface area contributed by atoms with Crippen molar-refractivity contribution < 1.29 is 28.6 Å². The molecule has 0 radical (unpaired) electrons. The molecule has 4 rings (SSSR count). The molecule has 3 aromatic rings. The highest BCUT2D eigenvalue weighted by Crippen LogP contribution is 2.41. The van der Waals surface area contributed by atoms with Crippen LogP contribution in [0.4, 0.5) is 0 Å². The molecule has 2 aromatic carbocycles. The molecule has 1 N–H and O–H groups in total. The molecule has 1 aliphatic heterocycles. The Balaban J connectivity index is 1.75. The topological polar surface area (TPSA) is 89.2 Å². The molecule has 7 nitrogen and oxygen atoms in total. The monoisotopic (exact) mass is 461 g/mol. The van der Waals surface area contributed by atoms with E-state index < -0.39 is 17.7 Å². The molecule has 1 unspecified atom stereocenters. The Bertz CT molecular complexity index is 1220. The molecule has 7 heteroatoms. The summed E-state index contributed by atoms with van der Waals surface area (Å²) in [7, 11) is 1.58. The van der Waals surface area contributed by atoms with Crippen LogP contribution < -0.4 is 9.47 Å². The first-order chi connectivity index (χ1) is 16.3. The third kappa shape index (κ3) is 4.55. The van der Waals surface area contributed by atoms with Crippen LogP contribution in [-0.2, 0) is 16.1 Å². The summed E-state index contributed by atoms with van der Waals surface area (Å²) in [5.74, 6) is 0.667. The van der Waals surface area contributed by atoms with Gasteiger partial charge in [0, 0.05) is 12.1 Å². The molecule has 1 atom stereocenters. The highest BCUT2D eigenvalue weighted by Gasteiger charge is 2.47. The normalized spacial score (nSPS) is 17.4. The van der Waals surface area contributed by atoms with E-state index in [1.165, 1.54) is 4.90 Å². The maximum atomic E-state index is 13.1. The van der Waals surface area contributed by atoms with E-state index >= 15 is 0 Å². The number of amides is 1. The number of ether oxygens (including phenoxy) is 2. The van der Waals surface area contributed by atoms with Gasteiger partial charge in [-0.05, 0) is 74.9 Å². The van der Waals surface area contributed by atoms with Crippen LogP contribution in [0.15, 0.2) is 70.7 Å². The summed E-state index contributed by atoms with van der Waals surface area (Å²) in [5, 5.41) is 11.2. The number of aryl methyl sites for hydroxylation is 1. The number of hydrogen-bond donors (Lipinski definition) is 1. The summed E-state index contributed by atoms with van der Waals surface area (Å²) >= 11 is 0. The predicted octanol–water partition coefficient (Wildman–Crippen LogP) is 5.01. The van der Waals surface area contributed by atoms with Crippen molar-refractivity contribution in [1.82, 2.24) is 4.90 Å². The maximum absolute atomic E-state index is 13.1. The highest BCUT2D eigenvalue weighted by atomic mass is 16.5. The van der Waals surface area contributed by atoms with E-state index in [2.05, 4.69) is 0 Å². The zero-order chi connectivity index (χ0) is 24.4. The van der Waals surface area contributed by atoms with E-state index in [1.54, 1.807) is 62.6 Å². The fraction of sp³-hybridized carbons (Fsp3) is 0.259. The van der Waals surface area contributed by atoms with Crippen LogP contribution in [0, 0.1) is 6.92 Å². The molecule has 34 heavy (non-hydrogen) atoms. The van der Waals surface area contributed by atoms with E-state index in [0.29, 0.717) is 28.6 Å². The van der Waals surface area contributed by atoms with Crippen LogP contribution in [0.3, 0.4) is 0 Å². The van der Waals surface area contributed by atoms with Crippen LogP contribution >= 0.6 is 0 Å². The standard InChI is InChI=1S/C27H27NO6/c1-16(2)33-21-12-8-19(9-13-21)25(29)23-24(22-14-5-17(3)34-22)28(27(31)26(23)30)15-18-6-10-20(32-4)11-7-18/h5-14,16,24,29H,15H2,1-4H3/b25-23-. The van der Waals surface area contributed by atoms with Crippen LogP contribution in [0.5, 0.6) is 11.5 Å². The van der Waals surface area contributed by atoms with Gasteiger partial charge in [-0.2, -0.15) is 0 Å². The van der Waals surface area contributed by atoms with Gasteiger partial charge < -0.3 is 23.9 Å². The molecule has 0 aliphatic carbocycles. The number of benzene rings is 2. The van der Waals surface area contributed by atoms with E-state index in [9.17, 15) is 14.7 Å². The summed E-state index contributed by atoms with van der Waals surface area (Å²) in [6.45, 7) is 5.79. The Morgan fingerprint density at radius 1 is 1.00 bits per heavy atom. The Kier molecular flexibility index (Phi) is 6.45. The predicted molar refractivity (Wildman–Crippen MR) is 126 cm³/mol. The van der Waals surface area contributed by atoms with Gasteiger partial charge in [0.05, 0.1) is 18.8 Å². The number of aliphatic hydroxyl groups excluding tert-OH is 1. The van der Waals surface area contributed by atoms with Gasteiger partial charge in [0.15, 0.2) is 0 Å². The van der Waals surface area contributed by atoms with E-state index in [4.69, 9.17) is 13.9 Å². The number of carbonyl (C=O) groups is 2. The lowest BCUT2D eigenvalue weighted by Gasteiger charge is -2.23. The third-order valence-corrected chi connectivity index (χ3v) is 5.58. The minimum Gasteiger partial charge on any atom is -0.507 e. The molecule has 1 fully saturated rings. The van der Waals surface area contributed by atoms with Crippen molar-refractivity contribution in [2.75, 3.05) is 7.11 Å². The average Bonchev–Trinajstić information content (AvgIpc) is 3.35. The molecule has 1 aromatic heterocycles. The van der Waals surface area contributed by atoms with Gasteiger partial charge in [0.1, 0.15) is 34.8 Å². The SMILES string of the molecule is COc1ccc(CN2C(=O)C(=O)/C(=C(\O)c3ccc(OC(C)C)cc3)C2c2ccc(C)o2)cc1. The summed E-state index contributed by atoms with van der Waals surface area (Å²) in [4.78, 5) is 27.6. The number of furan rings is 1. The number of hydrogen-bond acceptors (Lipinski definition) is 6. The largest absolute Gasteiger partial charge is 0.507 e. The first-order valence-electron chi connectivity index (χ1n) is 11.0. The zero-order valence-electron chi connectivity index (χ0n) is 19.6. The average molecular weight is 462 g/mol. The Morgan fingerprint density at radius 2 is 1.65 bits per heavy atom. The minimum atomic E-state index is -0.859. The number of ketones is 1. The summed E-state index contributed by atoms with van der Waals surface area (Å²) in [5.41, 5.74) is 1.21. The Hall–Kier alpha value is -4.00.